The van der Waals surface area contributed by atoms with Gasteiger partial charge in [0.1, 0.15) is 0 Å². The summed E-state index contributed by atoms with van der Waals surface area (Å²) in [4.78, 5) is 34.5. The molecule has 0 aliphatic carbocycles. The van der Waals surface area contributed by atoms with Crippen LogP contribution in [0.25, 0.3) is 0 Å². The minimum atomic E-state index is -0.378. The Morgan fingerprint density at radius 2 is 1.81 bits per heavy atom. The number of imide groups is 1. The zero-order valence-electron chi connectivity index (χ0n) is 11.9. The predicted molar refractivity (Wildman–Crippen MR) is 79.0 cm³/mol. The van der Waals surface area contributed by atoms with E-state index in [0.29, 0.717) is 24.8 Å². The number of aliphatic imine (C=N–C) groups is 2. The first-order valence-corrected chi connectivity index (χ1v) is 6.90. The summed E-state index contributed by atoms with van der Waals surface area (Å²) >= 11 is 0. The summed E-state index contributed by atoms with van der Waals surface area (Å²) in [5, 5.41) is 0. The molecule has 2 heterocycles. The molecular formula is C15H15N4O2+. The second-order valence-corrected chi connectivity index (χ2v) is 4.66. The minimum absolute atomic E-state index is 0.247. The Morgan fingerprint density at radius 1 is 1.10 bits per heavy atom. The van der Waals surface area contributed by atoms with Crippen LogP contribution in [0.15, 0.2) is 40.3 Å². The fraction of sp³-hybridized carbons (Fsp3) is 0.267. The van der Waals surface area contributed by atoms with Crippen molar-refractivity contribution in [2.24, 2.45) is 9.98 Å². The van der Waals surface area contributed by atoms with Crippen LogP contribution in [0, 0.1) is 0 Å². The number of nitrogens with zero attached hydrogens (tertiary/aromatic N) is 4. The Labute approximate surface area is 122 Å². The second kappa shape index (κ2) is 5.05. The van der Waals surface area contributed by atoms with Gasteiger partial charge in [0, 0.05) is 5.56 Å². The molecule has 106 valence electrons. The summed E-state index contributed by atoms with van der Waals surface area (Å²) in [6.07, 6.45) is 0. The molecule has 0 radical (unpaired) electrons. The number of hydrogen-bond donors (Lipinski definition) is 0. The van der Waals surface area contributed by atoms with Crippen LogP contribution in [-0.2, 0) is 4.79 Å². The van der Waals surface area contributed by atoms with Gasteiger partial charge in [-0.05, 0) is 26.0 Å². The Hall–Kier alpha value is -2.63. The lowest BCUT2D eigenvalue weighted by molar-refractivity contribution is -0.431. The summed E-state index contributed by atoms with van der Waals surface area (Å²) in [7, 11) is 0. The molecule has 0 aromatic heterocycles. The van der Waals surface area contributed by atoms with E-state index in [0.717, 1.165) is 5.56 Å². The smallest absolute Gasteiger partial charge is 0.248 e. The van der Waals surface area contributed by atoms with Crippen molar-refractivity contribution in [2.45, 2.75) is 13.8 Å². The van der Waals surface area contributed by atoms with Gasteiger partial charge in [0.05, 0.1) is 13.1 Å². The lowest BCUT2D eigenvalue weighted by Gasteiger charge is -2.19. The molecule has 6 nitrogen and oxygen atoms in total. The van der Waals surface area contributed by atoms with E-state index in [2.05, 4.69) is 9.98 Å². The van der Waals surface area contributed by atoms with Gasteiger partial charge in [-0.15, -0.1) is 0 Å². The molecular weight excluding hydrogens is 268 g/mol. The van der Waals surface area contributed by atoms with Crippen molar-refractivity contribution in [3.05, 3.63) is 35.9 Å². The molecule has 0 N–H and O–H groups in total. The molecule has 3 amide bonds. The van der Waals surface area contributed by atoms with Crippen LogP contribution in [-0.4, -0.2) is 51.9 Å². The number of rotatable bonds is 3. The molecule has 6 heteroatoms. The maximum atomic E-state index is 12.3. The highest BCUT2D eigenvalue weighted by molar-refractivity contribution is 6.70. The third-order valence-electron chi connectivity index (χ3n) is 3.47. The molecule has 0 bridgehead atoms. The zero-order chi connectivity index (χ0) is 15.0. The first-order chi connectivity index (χ1) is 10.2. The summed E-state index contributed by atoms with van der Waals surface area (Å²) in [5.74, 6) is 0.450. The third kappa shape index (κ3) is 1.99. The molecule has 0 saturated heterocycles. The number of carbonyl (C=O) groups excluding carboxylic acids is 2. The van der Waals surface area contributed by atoms with Gasteiger partial charge in [0.15, 0.2) is 0 Å². The molecule has 1 aromatic rings. The van der Waals surface area contributed by atoms with Gasteiger partial charge >= 0.3 is 17.8 Å². The van der Waals surface area contributed by atoms with Crippen molar-refractivity contribution in [3.8, 4) is 0 Å². The van der Waals surface area contributed by atoms with Gasteiger partial charge in [-0.3, -0.25) is 0 Å². The van der Waals surface area contributed by atoms with E-state index < -0.39 is 0 Å². The van der Waals surface area contributed by atoms with E-state index in [4.69, 9.17) is 0 Å². The molecule has 1 aromatic carbocycles. The number of fused-ring (bicyclic) bond motifs is 1. The van der Waals surface area contributed by atoms with Crippen LogP contribution in [0.2, 0.25) is 0 Å². The van der Waals surface area contributed by atoms with Crippen molar-refractivity contribution >= 4 is 29.3 Å². The molecule has 0 fully saturated rings. The average molecular weight is 283 g/mol. The van der Waals surface area contributed by atoms with Crippen molar-refractivity contribution in [3.63, 3.8) is 0 Å². The van der Waals surface area contributed by atoms with E-state index in [1.54, 1.807) is 6.92 Å². The Kier molecular flexibility index (Phi) is 3.21. The maximum absolute atomic E-state index is 12.3. The fourth-order valence-electron chi connectivity index (χ4n) is 2.40. The first-order valence-electron chi connectivity index (χ1n) is 6.90. The third-order valence-corrected chi connectivity index (χ3v) is 3.47. The van der Waals surface area contributed by atoms with Crippen LogP contribution in [0.1, 0.15) is 19.4 Å². The predicted octanol–water partition coefficient (Wildman–Crippen LogP) is 1.30. The average Bonchev–Trinajstić information content (AvgIpc) is 2.94. The van der Waals surface area contributed by atoms with E-state index in [1.807, 2.05) is 37.3 Å². The fourth-order valence-corrected chi connectivity index (χ4v) is 2.40. The van der Waals surface area contributed by atoms with Gasteiger partial charge in [0.2, 0.25) is 11.5 Å². The van der Waals surface area contributed by atoms with Gasteiger partial charge in [-0.25, -0.2) is 9.59 Å². The Bertz CT molecular complexity index is 716. The largest absolute Gasteiger partial charge is 0.446 e. The molecule has 0 saturated carbocycles. The molecule has 0 atom stereocenters. The lowest BCUT2D eigenvalue weighted by atomic mass is 10.2. The summed E-state index contributed by atoms with van der Waals surface area (Å²) < 4.78 is 1.49. The van der Waals surface area contributed by atoms with Crippen LogP contribution < -0.4 is 0 Å². The van der Waals surface area contributed by atoms with Crippen LogP contribution >= 0.6 is 0 Å². The van der Waals surface area contributed by atoms with E-state index in [9.17, 15) is 9.59 Å². The molecule has 0 spiro atoms. The first kappa shape index (κ1) is 13.4. The monoisotopic (exact) mass is 283 g/mol. The van der Waals surface area contributed by atoms with E-state index in [-0.39, 0.29) is 17.6 Å². The topological polar surface area (TPSA) is 65.1 Å². The maximum Gasteiger partial charge on any atom is 0.446 e. The standard InChI is InChI=1S/C15H15N4O2/c1-3-18-13-11(14(20)19(4-2)15(18)21)16-12(17-13)10-8-6-5-7-9-10/h5-9H,3-4H2,1-2H3/q+1. The lowest BCUT2D eigenvalue weighted by Crippen LogP contribution is -2.54. The normalized spacial score (nSPS) is 17.9. The number of carbonyl (C=O) groups is 2. The Balaban J connectivity index is 2.14. The van der Waals surface area contributed by atoms with Crippen LogP contribution in [0.5, 0.6) is 0 Å². The summed E-state index contributed by atoms with van der Waals surface area (Å²) in [5.41, 5.74) is 1.07. The number of urea groups is 1. The minimum Gasteiger partial charge on any atom is -0.248 e. The summed E-state index contributed by atoms with van der Waals surface area (Å²) in [6.45, 7) is 4.38. The van der Waals surface area contributed by atoms with Crippen molar-refractivity contribution in [1.29, 1.82) is 0 Å². The number of benzene rings is 1. The molecule has 3 rings (SSSR count). The summed E-state index contributed by atoms with van der Waals surface area (Å²) in [6, 6.07) is 9.08. The van der Waals surface area contributed by atoms with Crippen LogP contribution in [0.4, 0.5) is 4.79 Å². The Morgan fingerprint density at radius 3 is 2.43 bits per heavy atom. The highest BCUT2D eigenvalue weighted by Gasteiger charge is 2.46. The van der Waals surface area contributed by atoms with Gasteiger partial charge in [-0.2, -0.15) is 14.5 Å². The number of amides is 3. The number of amidine groups is 2. The van der Waals surface area contributed by atoms with E-state index >= 15 is 0 Å². The van der Waals surface area contributed by atoms with Crippen molar-refractivity contribution in [2.75, 3.05) is 13.1 Å². The van der Waals surface area contributed by atoms with Crippen LogP contribution in [0.3, 0.4) is 0 Å². The number of hydrogen-bond acceptors (Lipinski definition) is 4. The van der Waals surface area contributed by atoms with Crippen molar-refractivity contribution < 1.29 is 14.2 Å². The highest BCUT2D eigenvalue weighted by Crippen LogP contribution is 2.15. The van der Waals surface area contributed by atoms with Gasteiger partial charge in [-0.1, -0.05) is 23.2 Å². The second-order valence-electron chi connectivity index (χ2n) is 4.66. The van der Waals surface area contributed by atoms with Crippen molar-refractivity contribution in [1.82, 2.24) is 4.90 Å². The zero-order valence-corrected chi connectivity index (χ0v) is 11.9. The van der Waals surface area contributed by atoms with Gasteiger partial charge < -0.3 is 0 Å². The SMILES string of the molecule is CCN1C(=O)C2=NC(c3ccccc3)=NC2=[N+](CC)C1=O. The molecule has 2 aliphatic heterocycles. The van der Waals surface area contributed by atoms with Gasteiger partial charge in [0.25, 0.3) is 0 Å². The molecule has 0 unspecified atom stereocenters. The van der Waals surface area contributed by atoms with E-state index in [1.165, 1.54) is 9.48 Å². The highest BCUT2D eigenvalue weighted by atomic mass is 16.2. The molecule has 2 aliphatic rings. The quantitative estimate of drug-likeness (QED) is 0.785. The molecule has 21 heavy (non-hydrogen) atoms.